The minimum Gasteiger partial charge on any atom is -0.343 e. The molecule has 7 heteroatoms. The Labute approximate surface area is 171 Å². The van der Waals surface area contributed by atoms with Gasteiger partial charge in [-0.15, -0.1) is 0 Å². The monoisotopic (exact) mass is 403 g/mol. The average Bonchev–Trinajstić information content (AvgIpc) is 2.77. The molecule has 0 aromatic heterocycles. The summed E-state index contributed by atoms with van der Waals surface area (Å²) in [6.45, 7) is 4.49. The number of carbonyl (C=O) groups is 3. The number of hydrogen-bond donors (Lipinski definition) is 1. The lowest BCUT2D eigenvalue weighted by molar-refractivity contribution is -0.136. The van der Waals surface area contributed by atoms with E-state index < -0.39 is 11.9 Å². The Morgan fingerprint density at radius 2 is 1.62 bits per heavy atom. The largest absolute Gasteiger partial charge is 0.343 e. The van der Waals surface area contributed by atoms with E-state index in [-0.39, 0.29) is 23.6 Å². The number of nitrogens with zero attached hydrogens (tertiary/aromatic N) is 2. The third-order valence-electron chi connectivity index (χ3n) is 5.99. The van der Waals surface area contributed by atoms with Crippen molar-refractivity contribution in [2.24, 2.45) is 5.92 Å². The van der Waals surface area contributed by atoms with Gasteiger partial charge in [0.15, 0.2) is 0 Å². The minimum absolute atomic E-state index is 0.0188. The van der Waals surface area contributed by atoms with E-state index >= 15 is 0 Å². The number of benzene rings is 1. The van der Waals surface area contributed by atoms with Gasteiger partial charge in [0.1, 0.15) is 11.9 Å². The summed E-state index contributed by atoms with van der Waals surface area (Å²) in [5.41, 5.74) is 0.335. The van der Waals surface area contributed by atoms with Crippen molar-refractivity contribution in [1.82, 2.24) is 15.1 Å². The third-order valence-corrected chi connectivity index (χ3v) is 5.99. The molecule has 0 bridgehead atoms. The van der Waals surface area contributed by atoms with Crippen LogP contribution >= 0.6 is 0 Å². The summed E-state index contributed by atoms with van der Waals surface area (Å²) in [6, 6.07) is 4.71. The van der Waals surface area contributed by atoms with Crippen molar-refractivity contribution in [2.75, 3.05) is 26.2 Å². The molecule has 2 aliphatic heterocycles. The lowest BCUT2D eigenvalue weighted by Gasteiger charge is -2.38. The van der Waals surface area contributed by atoms with Crippen LogP contribution < -0.4 is 5.32 Å². The van der Waals surface area contributed by atoms with Gasteiger partial charge >= 0.3 is 0 Å². The van der Waals surface area contributed by atoms with Gasteiger partial charge < -0.3 is 15.1 Å². The highest BCUT2D eigenvalue weighted by molar-refractivity contribution is 5.97. The van der Waals surface area contributed by atoms with Gasteiger partial charge in [-0.2, -0.15) is 0 Å². The zero-order valence-electron chi connectivity index (χ0n) is 17.0. The van der Waals surface area contributed by atoms with Crippen LogP contribution in [-0.2, 0) is 9.59 Å². The van der Waals surface area contributed by atoms with Gasteiger partial charge in [0.2, 0.25) is 11.8 Å². The summed E-state index contributed by atoms with van der Waals surface area (Å²) in [6.07, 6.45) is 4.91. The predicted octanol–water partition coefficient (Wildman–Crippen LogP) is 2.59. The first-order chi connectivity index (χ1) is 14.0. The highest BCUT2D eigenvalue weighted by Crippen LogP contribution is 2.24. The Morgan fingerprint density at radius 3 is 2.21 bits per heavy atom. The van der Waals surface area contributed by atoms with Gasteiger partial charge in [-0.1, -0.05) is 6.92 Å². The van der Waals surface area contributed by atoms with E-state index in [4.69, 9.17) is 0 Å². The lowest BCUT2D eigenvalue weighted by Crippen LogP contribution is -2.55. The fraction of sp³-hybridized carbons (Fsp3) is 0.591. The summed E-state index contributed by atoms with van der Waals surface area (Å²) in [4.78, 5) is 41.7. The van der Waals surface area contributed by atoms with Gasteiger partial charge in [-0.3, -0.25) is 14.4 Å². The van der Waals surface area contributed by atoms with Crippen LogP contribution in [-0.4, -0.2) is 59.7 Å². The molecule has 1 aromatic carbocycles. The number of amides is 3. The molecule has 1 aromatic rings. The number of likely N-dealkylation sites (tertiary alicyclic amines) is 2. The van der Waals surface area contributed by atoms with Gasteiger partial charge in [0, 0.05) is 38.2 Å². The number of piperidine rings is 2. The van der Waals surface area contributed by atoms with Crippen molar-refractivity contribution in [3.05, 3.63) is 35.6 Å². The topological polar surface area (TPSA) is 69.7 Å². The molecule has 1 N–H and O–H groups in total. The van der Waals surface area contributed by atoms with Crippen molar-refractivity contribution in [3.8, 4) is 0 Å². The van der Waals surface area contributed by atoms with Crippen LogP contribution in [0, 0.1) is 11.7 Å². The van der Waals surface area contributed by atoms with Gasteiger partial charge in [-0.25, -0.2) is 4.39 Å². The molecule has 2 saturated heterocycles. The maximum atomic E-state index is 13.3. The molecule has 6 nitrogen and oxygen atoms in total. The van der Waals surface area contributed by atoms with E-state index in [0.29, 0.717) is 37.9 Å². The van der Waals surface area contributed by atoms with Crippen LogP contribution in [0.3, 0.4) is 0 Å². The van der Waals surface area contributed by atoms with Gasteiger partial charge in [0.05, 0.1) is 0 Å². The van der Waals surface area contributed by atoms with E-state index in [2.05, 4.69) is 5.32 Å². The average molecular weight is 403 g/mol. The maximum absolute atomic E-state index is 13.3. The summed E-state index contributed by atoms with van der Waals surface area (Å²) in [5.74, 6) is -0.712. The molecular formula is C22H30FN3O3. The Morgan fingerprint density at radius 1 is 1.00 bits per heavy atom. The quantitative estimate of drug-likeness (QED) is 0.822. The van der Waals surface area contributed by atoms with Crippen LogP contribution in [0.25, 0.3) is 0 Å². The molecule has 0 spiro atoms. The molecule has 0 saturated carbocycles. The molecule has 158 valence electrons. The van der Waals surface area contributed by atoms with Crippen LogP contribution in [0.15, 0.2) is 24.3 Å². The minimum atomic E-state index is -0.621. The Hall–Kier alpha value is -2.44. The Kier molecular flexibility index (Phi) is 7.23. The lowest BCUT2D eigenvalue weighted by atomic mass is 9.87. The van der Waals surface area contributed by atoms with Crippen molar-refractivity contribution in [3.63, 3.8) is 0 Å². The second-order valence-electron chi connectivity index (χ2n) is 7.92. The van der Waals surface area contributed by atoms with Crippen molar-refractivity contribution < 1.29 is 18.8 Å². The molecule has 29 heavy (non-hydrogen) atoms. The number of hydrogen-bond acceptors (Lipinski definition) is 3. The standard InChI is InChI=1S/C22H30FN3O3/c1-2-19(27)25-14-10-16(11-15-25)20(22(29)26-12-4-3-5-13-26)24-21(28)17-6-8-18(23)9-7-17/h6-9,16,20H,2-5,10-15H2,1H3,(H,24,28). The predicted molar refractivity (Wildman–Crippen MR) is 108 cm³/mol. The summed E-state index contributed by atoms with van der Waals surface area (Å²) in [5, 5.41) is 2.92. The molecule has 1 atom stereocenters. The summed E-state index contributed by atoms with van der Waals surface area (Å²) < 4.78 is 13.2. The van der Waals surface area contributed by atoms with E-state index in [0.717, 1.165) is 32.4 Å². The summed E-state index contributed by atoms with van der Waals surface area (Å²) in [7, 11) is 0. The first-order valence-corrected chi connectivity index (χ1v) is 10.6. The molecule has 0 radical (unpaired) electrons. The van der Waals surface area contributed by atoms with E-state index in [1.54, 1.807) is 0 Å². The molecule has 2 fully saturated rings. The summed E-state index contributed by atoms with van der Waals surface area (Å²) >= 11 is 0. The van der Waals surface area contributed by atoms with Crippen LogP contribution in [0.5, 0.6) is 0 Å². The van der Waals surface area contributed by atoms with E-state index in [1.807, 2.05) is 16.7 Å². The Balaban J connectivity index is 1.72. The molecule has 1 unspecified atom stereocenters. The Bertz CT molecular complexity index is 723. The molecule has 2 aliphatic rings. The van der Waals surface area contributed by atoms with Crippen LogP contribution in [0.2, 0.25) is 0 Å². The zero-order chi connectivity index (χ0) is 20.8. The van der Waals surface area contributed by atoms with Gasteiger partial charge in [0.25, 0.3) is 5.91 Å². The zero-order valence-corrected chi connectivity index (χ0v) is 17.0. The fourth-order valence-corrected chi connectivity index (χ4v) is 4.22. The number of halogens is 1. The first-order valence-electron chi connectivity index (χ1n) is 10.6. The molecule has 3 rings (SSSR count). The molecule has 3 amide bonds. The smallest absolute Gasteiger partial charge is 0.251 e. The van der Waals surface area contributed by atoms with E-state index in [9.17, 15) is 18.8 Å². The second kappa shape index (κ2) is 9.85. The highest BCUT2D eigenvalue weighted by Gasteiger charge is 2.36. The fourth-order valence-electron chi connectivity index (χ4n) is 4.22. The van der Waals surface area contributed by atoms with Crippen LogP contribution in [0.4, 0.5) is 4.39 Å². The second-order valence-corrected chi connectivity index (χ2v) is 7.92. The molecular weight excluding hydrogens is 373 g/mol. The number of carbonyl (C=O) groups excluding carboxylic acids is 3. The van der Waals surface area contributed by atoms with Crippen molar-refractivity contribution >= 4 is 17.7 Å². The van der Waals surface area contributed by atoms with Crippen LogP contribution in [0.1, 0.15) is 55.8 Å². The maximum Gasteiger partial charge on any atom is 0.251 e. The highest BCUT2D eigenvalue weighted by atomic mass is 19.1. The number of nitrogens with one attached hydrogen (secondary N) is 1. The molecule has 2 heterocycles. The normalized spacial score (nSPS) is 19.0. The number of rotatable bonds is 5. The van der Waals surface area contributed by atoms with Crippen molar-refractivity contribution in [1.29, 1.82) is 0 Å². The van der Waals surface area contributed by atoms with E-state index in [1.165, 1.54) is 24.3 Å². The van der Waals surface area contributed by atoms with Crippen molar-refractivity contribution in [2.45, 2.75) is 51.5 Å². The first kappa shape index (κ1) is 21.3. The van der Waals surface area contributed by atoms with Gasteiger partial charge in [-0.05, 0) is 62.3 Å². The molecule has 0 aliphatic carbocycles. The SMILES string of the molecule is CCC(=O)N1CCC(C(NC(=O)c2ccc(F)cc2)C(=O)N2CCCCC2)CC1. The third kappa shape index (κ3) is 5.34.